The number of hydrogen-bond acceptors (Lipinski definition) is 4. The molecular formula is C13H13N5. The monoisotopic (exact) mass is 239 g/mol. The molecule has 2 aromatic heterocycles. The summed E-state index contributed by atoms with van der Waals surface area (Å²) in [6.07, 6.45) is 3.63. The molecule has 2 heterocycles. The Kier molecular flexibility index (Phi) is 2.37. The fraction of sp³-hybridized carbons (Fsp3) is 0.0769. The van der Waals surface area contributed by atoms with Crippen LogP contribution in [0.15, 0.2) is 42.7 Å². The second-order valence-corrected chi connectivity index (χ2v) is 4.10. The molecule has 0 aliphatic carbocycles. The van der Waals surface area contributed by atoms with Crippen molar-refractivity contribution in [2.75, 3.05) is 11.1 Å². The highest BCUT2D eigenvalue weighted by atomic mass is 15.3. The van der Waals surface area contributed by atoms with E-state index in [1.807, 2.05) is 43.6 Å². The quantitative estimate of drug-likeness (QED) is 0.673. The van der Waals surface area contributed by atoms with Crippen molar-refractivity contribution in [2.24, 2.45) is 7.05 Å². The lowest BCUT2D eigenvalue weighted by Crippen LogP contribution is -1.99. The number of rotatable bonds is 2. The number of anilines is 3. The van der Waals surface area contributed by atoms with Gasteiger partial charge in [-0.3, -0.25) is 9.67 Å². The van der Waals surface area contributed by atoms with Gasteiger partial charge in [-0.25, -0.2) is 0 Å². The van der Waals surface area contributed by atoms with Gasteiger partial charge in [0.2, 0.25) is 0 Å². The molecule has 3 aromatic rings. The average Bonchev–Trinajstić information content (AvgIpc) is 2.79. The maximum absolute atomic E-state index is 6.14. The van der Waals surface area contributed by atoms with Gasteiger partial charge in [0.25, 0.3) is 0 Å². The van der Waals surface area contributed by atoms with Crippen molar-refractivity contribution in [1.82, 2.24) is 14.8 Å². The van der Waals surface area contributed by atoms with Gasteiger partial charge in [0.15, 0.2) is 5.82 Å². The van der Waals surface area contributed by atoms with Crippen LogP contribution in [0.4, 0.5) is 17.2 Å². The number of pyridine rings is 1. The number of hydrogen-bond donors (Lipinski definition) is 2. The number of aryl methyl sites for hydroxylation is 1. The van der Waals surface area contributed by atoms with Gasteiger partial charge in [0.1, 0.15) is 0 Å². The third-order valence-electron chi connectivity index (χ3n) is 2.80. The number of aromatic nitrogens is 3. The summed E-state index contributed by atoms with van der Waals surface area (Å²) in [6.45, 7) is 0. The molecule has 0 aliphatic rings. The molecule has 18 heavy (non-hydrogen) atoms. The summed E-state index contributed by atoms with van der Waals surface area (Å²) in [5.74, 6) is 0.771. The van der Waals surface area contributed by atoms with Crippen molar-refractivity contribution in [1.29, 1.82) is 0 Å². The molecule has 0 bridgehead atoms. The first-order valence-electron chi connectivity index (χ1n) is 5.64. The summed E-state index contributed by atoms with van der Waals surface area (Å²) in [6, 6.07) is 9.59. The topological polar surface area (TPSA) is 68.8 Å². The van der Waals surface area contributed by atoms with Gasteiger partial charge in [-0.1, -0.05) is 0 Å². The molecule has 3 rings (SSSR count). The zero-order valence-electron chi connectivity index (χ0n) is 9.96. The first-order valence-corrected chi connectivity index (χ1v) is 5.64. The predicted molar refractivity (Wildman–Crippen MR) is 72.6 cm³/mol. The molecule has 0 saturated heterocycles. The summed E-state index contributed by atoms with van der Waals surface area (Å²) < 4.78 is 1.74. The summed E-state index contributed by atoms with van der Waals surface area (Å²) in [7, 11) is 1.87. The third-order valence-corrected chi connectivity index (χ3v) is 2.80. The number of benzene rings is 1. The van der Waals surface area contributed by atoms with Crippen LogP contribution in [0.1, 0.15) is 0 Å². The number of nitrogens with two attached hydrogens (primary N) is 1. The van der Waals surface area contributed by atoms with Crippen molar-refractivity contribution in [3.8, 4) is 0 Å². The van der Waals surface area contributed by atoms with Crippen LogP contribution in [0, 0.1) is 0 Å². The van der Waals surface area contributed by atoms with Crippen molar-refractivity contribution in [3.63, 3.8) is 0 Å². The summed E-state index contributed by atoms with van der Waals surface area (Å²) in [5.41, 5.74) is 8.56. The summed E-state index contributed by atoms with van der Waals surface area (Å²) in [5, 5.41) is 8.40. The van der Waals surface area contributed by atoms with Crippen molar-refractivity contribution < 1.29 is 0 Å². The lowest BCUT2D eigenvalue weighted by molar-refractivity contribution is 0.771. The van der Waals surface area contributed by atoms with E-state index in [0.29, 0.717) is 5.69 Å². The minimum atomic E-state index is 0.686. The van der Waals surface area contributed by atoms with Crippen molar-refractivity contribution in [3.05, 3.63) is 42.7 Å². The minimum Gasteiger partial charge on any atom is -0.396 e. The molecule has 1 aromatic carbocycles. The Bertz CT molecular complexity index is 701. The van der Waals surface area contributed by atoms with E-state index in [9.17, 15) is 0 Å². The average molecular weight is 239 g/mol. The van der Waals surface area contributed by atoms with E-state index in [4.69, 9.17) is 5.73 Å². The number of nitrogens with zero attached hydrogens (tertiary/aromatic N) is 3. The van der Waals surface area contributed by atoms with Gasteiger partial charge in [-0.2, -0.15) is 5.10 Å². The van der Waals surface area contributed by atoms with E-state index in [-0.39, 0.29) is 0 Å². The Morgan fingerprint density at radius 2 is 2.11 bits per heavy atom. The van der Waals surface area contributed by atoms with Crippen LogP contribution >= 0.6 is 0 Å². The molecule has 0 fully saturated rings. The standard InChI is InChI=1S/C13H13N5/c1-18-8-6-12(17-18)16-11-5-4-10-9(13(11)14)3-2-7-15-10/h2-8H,14H2,1H3,(H,16,17). The molecule has 3 N–H and O–H groups in total. The van der Waals surface area contributed by atoms with Crippen LogP contribution in [0.25, 0.3) is 10.9 Å². The first kappa shape index (κ1) is 10.6. The second-order valence-electron chi connectivity index (χ2n) is 4.10. The van der Waals surface area contributed by atoms with Gasteiger partial charge >= 0.3 is 0 Å². The minimum absolute atomic E-state index is 0.686. The number of nitrogens with one attached hydrogen (secondary N) is 1. The Morgan fingerprint density at radius 3 is 2.89 bits per heavy atom. The summed E-state index contributed by atoms with van der Waals surface area (Å²) >= 11 is 0. The van der Waals surface area contributed by atoms with Gasteiger partial charge in [0, 0.05) is 30.9 Å². The Labute approximate surface area is 104 Å². The van der Waals surface area contributed by atoms with E-state index in [2.05, 4.69) is 15.4 Å². The molecule has 0 amide bonds. The molecule has 0 aliphatic heterocycles. The number of fused-ring (bicyclic) bond motifs is 1. The Balaban J connectivity index is 2.04. The van der Waals surface area contributed by atoms with Crippen LogP contribution in [0.2, 0.25) is 0 Å². The normalized spacial score (nSPS) is 10.7. The fourth-order valence-electron chi connectivity index (χ4n) is 1.90. The summed E-state index contributed by atoms with van der Waals surface area (Å²) in [4.78, 5) is 4.27. The highest BCUT2D eigenvalue weighted by Crippen LogP contribution is 2.29. The molecule has 5 nitrogen and oxygen atoms in total. The predicted octanol–water partition coefficient (Wildman–Crippen LogP) is 2.29. The highest BCUT2D eigenvalue weighted by Gasteiger charge is 2.06. The first-order chi connectivity index (χ1) is 8.74. The van der Waals surface area contributed by atoms with E-state index in [0.717, 1.165) is 22.4 Å². The third kappa shape index (κ3) is 1.75. The van der Waals surface area contributed by atoms with Gasteiger partial charge in [0.05, 0.1) is 16.9 Å². The highest BCUT2D eigenvalue weighted by molar-refractivity contribution is 5.97. The SMILES string of the molecule is Cn1ccc(Nc2ccc3ncccc3c2N)n1. The van der Waals surface area contributed by atoms with Gasteiger partial charge < -0.3 is 11.1 Å². The number of nitrogen functional groups attached to an aromatic ring is 1. The smallest absolute Gasteiger partial charge is 0.152 e. The van der Waals surface area contributed by atoms with Gasteiger partial charge in [-0.05, 0) is 24.3 Å². The largest absolute Gasteiger partial charge is 0.396 e. The van der Waals surface area contributed by atoms with Crippen LogP contribution < -0.4 is 11.1 Å². The lowest BCUT2D eigenvalue weighted by Gasteiger charge is -2.09. The lowest BCUT2D eigenvalue weighted by atomic mass is 10.1. The van der Waals surface area contributed by atoms with Gasteiger partial charge in [-0.15, -0.1) is 0 Å². The van der Waals surface area contributed by atoms with Crippen LogP contribution in [-0.2, 0) is 7.05 Å². The zero-order chi connectivity index (χ0) is 12.5. The molecule has 0 unspecified atom stereocenters. The zero-order valence-corrected chi connectivity index (χ0v) is 9.96. The molecule has 0 saturated carbocycles. The van der Waals surface area contributed by atoms with Crippen molar-refractivity contribution >= 4 is 28.1 Å². The van der Waals surface area contributed by atoms with E-state index < -0.39 is 0 Å². The maximum atomic E-state index is 6.14. The van der Waals surface area contributed by atoms with Crippen molar-refractivity contribution in [2.45, 2.75) is 0 Å². The van der Waals surface area contributed by atoms with Crippen LogP contribution in [0.5, 0.6) is 0 Å². The van der Waals surface area contributed by atoms with Crippen LogP contribution in [-0.4, -0.2) is 14.8 Å². The fourth-order valence-corrected chi connectivity index (χ4v) is 1.90. The second kappa shape index (κ2) is 4.03. The molecule has 0 spiro atoms. The van der Waals surface area contributed by atoms with E-state index in [1.165, 1.54) is 0 Å². The molecule has 0 radical (unpaired) electrons. The molecule has 5 heteroatoms. The Hall–Kier alpha value is -2.56. The van der Waals surface area contributed by atoms with E-state index >= 15 is 0 Å². The maximum Gasteiger partial charge on any atom is 0.152 e. The molecular weight excluding hydrogens is 226 g/mol. The Morgan fingerprint density at radius 1 is 1.22 bits per heavy atom. The molecule has 90 valence electrons. The van der Waals surface area contributed by atoms with E-state index in [1.54, 1.807) is 10.9 Å². The van der Waals surface area contributed by atoms with Crippen LogP contribution in [0.3, 0.4) is 0 Å². The molecule has 0 atom stereocenters.